The van der Waals surface area contributed by atoms with E-state index in [2.05, 4.69) is 6.92 Å². The van der Waals surface area contributed by atoms with Crippen LogP contribution in [0.5, 0.6) is 11.5 Å². The van der Waals surface area contributed by atoms with Gasteiger partial charge in [0.2, 0.25) is 0 Å². The summed E-state index contributed by atoms with van der Waals surface area (Å²) >= 11 is 0. The molecule has 0 aromatic heterocycles. The van der Waals surface area contributed by atoms with E-state index in [1.807, 2.05) is 18.2 Å². The lowest BCUT2D eigenvalue weighted by molar-refractivity contribution is -0.0783. The summed E-state index contributed by atoms with van der Waals surface area (Å²) in [6.07, 6.45) is 6.17. The fourth-order valence-corrected chi connectivity index (χ4v) is 3.96. The molecule has 2 unspecified atom stereocenters. The highest BCUT2D eigenvalue weighted by atomic mass is 16.5. The number of aliphatic hydroxyl groups excluding tert-OH is 1. The van der Waals surface area contributed by atoms with Crippen molar-refractivity contribution in [3.05, 3.63) is 23.8 Å². The Bertz CT molecular complexity index is 485. The zero-order chi connectivity index (χ0) is 14.2. The maximum Gasteiger partial charge on any atom is 0.129 e. The predicted molar refractivity (Wildman–Crippen MR) is 78.2 cm³/mol. The number of hydrogen-bond acceptors (Lipinski definition) is 3. The summed E-state index contributed by atoms with van der Waals surface area (Å²) < 4.78 is 11.7. The van der Waals surface area contributed by atoms with Crippen LogP contribution in [-0.2, 0) is 0 Å². The first-order valence-electron chi connectivity index (χ1n) is 7.73. The van der Waals surface area contributed by atoms with Crippen molar-refractivity contribution >= 4 is 0 Å². The molecule has 110 valence electrons. The second-order valence-electron chi connectivity index (χ2n) is 6.14. The van der Waals surface area contributed by atoms with Crippen LogP contribution in [0.3, 0.4) is 0 Å². The van der Waals surface area contributed by atoms with Crippen LogP contribution in [0.1, 0.15) is 57.1 Å². The van der Waals surface area contributed by atoms with Gasteiger partial charge in [-0.1, -0.05) is 13.3 Å². The molecule has 1 saturated carbocycles. The summed E-state index contributed by atoms with van der Waals surface area (Å²) in [4.78, 5) is 0. The molecule has 0 bridgehead atoms. The second-order valence-corrected chi connectivity index (χ2v) is 6.14. The van der Waals surface area contributed by atoms with Crippen molar-refractivity contribution in [2.24, 2.45) is 5.92 Å². The normalized spacial score (nSPS) is 32.5. The second kappa shape index (κ2) is 5.28. The van der Waals surface area contributed by atoms with Crippen LogP contribution in [0.25, 0.3) is 0 Å². The number of fused-ring (bicyclic) bond motifs is 1. The minimum Gasteiger partial charge on any atom is -0.497 e. The molecule has 3 atom stereocenters. The molecule has 0 amide bonds. The smallest absolute Gasteiger partial charge is 0.129 e. The summed E-state index contributed by atoms with van der Waals surface area (Å²) in [5.74, 6) is 2.14. The number of hydrogen-bond donors (Lipinski definition) is 1. The van der Waals surface area contributed by atoms with Crippen molar-refractivity contribution in [1.29, 1.82) is 0 Å². The zero-order valence-corrected chi connectivity index (χ0v) is 12.4. The highest BCUT2D eigenvalue weighted by molar-refractivity contribution is 5.44. The number of benzene rings is 1. The third kappa shape index (κ3) is 2.18. The lowest BCUT2D eigenvalue weighted by Crippen LogP contribution is -2.49. The van der Waals surface area contributed by atoms with Gasteiger partial charge in [0.05, 0.1) is 13.2 Å². The molecular formula is C17H24O3. The molecule has 3 nitrogen and oxygen atoms in total. The average molecular weight is 276 g/mol. The monoisotopic (exact) mass is 276 g/mol. The summed E-state index contributed by atoms with van der Waals surface area (Å²) in [7, 11) is 1.66. The molecule has 0 radical (unpaired) electrons. The molecule has 1 aliphatic heterocycles. The molecule has 1 aromatic carbocycles. The standard InChI is InChI=1S/C17H24O3/c1-3-12-6-4-5-9-17(12)11-15(18)14-8-7-13(19-2)10-16(14)20-17/h7-8,10,12,15,18H,3-6,9,11H2,1-2H3/t12?,15-,17?/m1/s1. The first-order valence-corrected chi connectivity index (χ1v) is 7.73. The van der Waals surface area contributed by atoms with Crippen LogP contribution in [0, 0.1) is 5.92 Å². The molecule has 1 heterocycles. The van der Waals surface area contributed by atoms with Crippen molar-refractivity contribution in [3.8, 4) is 11.5 Å². The van der Waals surface area contributed by atoms with Crippen LogP contribution < -0.4 is 9.47 Å². The number of ether oxygens (including phenoxy) is 2. The number of methoxy groups -OCH3 is 1. The molecule has 1 fully saturated rings. The fraction of sp³-hybridized carbons (Fsp3) is 0.647. The van der Waals surface area contributed by atoms with E-state index in [-0.39, 0.29) is 5.60 Å². The topological polar surface area (TPSA) is 38.7 Å². The Morgan fingerprint density at radius 1 is 1.40 bits per heavy atom. The molecule has 1 aliphatic carbocycles. The van der Waals surface area contributed by atoms with Crippen molar-refractivity contribution in [2.75, 3.05) is 7.11 Å². The Balaban J connectivity index is 1.97. The summed E-state index contributed by atoms with van der Waals surface area (Å²) in [5, 5.41) is 10.5. The van der Waals surface area contributed by atoms with Crippen LogP contribution >= 0.6 is 0 Å². The van der Waals surface area contributed by atoms with Crippen LogP contribution in [-0.4, -0.2) is 17.8 Å². The first kappa shape index (κ1) is 13.7. The fourth-order valence-electron chi connectivity index (χ4n) is 3.96. The highest BCUT2D eigenvalue weighted by Crippen LogP contribution is 2.50. The minimum atomic E-state index is -0.420. The van der Waals surface area contributed by atoms with Crippen molar-refractivity contribution in [1.82, 2.24) is 0 Å². The summed E-state index contributed by atoms with van der Waals surface area (Å²) in [6.45, 7) is 2.23. The van der Waals surface area contributed by atoms with E-state index in [1.165, 1.54) is 19.3 Å². The molecule has 3 rings (SSSR count). The lowest BCUT2D eigenvalue weighted by Gasteiger charge is -2.48. The molecule has 1 spiro atoms. The largest absolute Gasteiger partial charge is 0.497 e. The molecule has 0 saturated heterocycles. The lowest BCUT2D eigenvalue weighted by atomic mass is 9.69. The van der Waals surface area contributed by atoms with Gasteiger partial charge in [-0.15, -0.1) is 0 Å². The van der Waals surface area contributed by atoms with E-state index in [0.29, 0.717) is 5.92 Å². The van der Waals surface area contributed by atoms with Gasteiger partial charge in [-0.3, -0.25) is 0 Å². The van der Waals surface area contributed by atoms with Gasteiger partial charge < -0.3 is 14.6 Å². The predicted octanol–water partition coefficient (Wildman–Crippen LogP) is 3.85. The summed E-state index contributed by atoms with van der Waals surface area (Å²) in [6, 6.07) is 5.73. The number of rotatable bonds is 2. The third-order valence-electron chi connectivity index (χ3n) is 5.07. The molecular weight excluding hydrogens is 252 g/mol. The van der Waals surface area contributed by atoms with Gasteiger partial charge in [0.25, 0.3) is 0 Å². The van der Waals surface area contributed by atoms with Gasteiger partial charge in [-0.2, -0.15) is 0 Å². The van der Waals surface area contributed by atoms with E-state index in [9.17, 15) is 5.11 Å². The van der Waals surface area contributed by atoms with Crippen molar-refractivity contribution < 1.29 is 14.6 Å². The van der Waals surface area contributed by atoms with Crippen molar-refractivity contribution in [2.45, 2.75) is 57.2 Å². The highest BCUT2D eigenvalue weighted by Gasteiger charge is 2.46. The van der Waals surface area contributed by atoms with Gasteiger partial charge in [0, 0.05) is 18.1 Å². The van der Waals surface area contributed by atoms with Crippen molar-refractivity contribution in [3.63, 3.8) is 0 Å². The molecule has 1 aromatic rings. The summed E-state index contributed by atoms with van der Waals surface area (Å²) in [5.41, 5.74) is 0.725. The molecule has 3 heteroatoms. The Labute approximate surface area is 120 Å². The van der Waals surface area contributed by atoms with E-state index < -0.39 is 6.10 Å². The van der Waals surface area contributed by atoms with E-state index in [0.717, 1.165) is 36.3 Å². The SMILES string of the molecule is CCC1CCCCC12C[C@@H](O)c1ccc(OC)cc1O2. The third-order valence-corrected chi connectivity index (χ3v) is 5.07. The van der Waals surface area contributed by atoms with Gasteiger partial charge >= 0.3 is 0 Å². The van der Waals surface area contributed by atoms with Crippen LogP contribution in [0.2, 0.25) is 0 Å². The maximum absolute atomic E-state index is 10.5. The minimum absolute atomic E-state index is 0.175. The first-order chi connectivity index (χ1) is 9.68. The van der Waals surface area contributed by atoms with E-state index in [4.69, 9.17) is 9.47 Å². The Morgan fingerprint density at radius 2 is 2.25 bits per heavy atom. The molecule has 1 N–H and O–H groups in total. The quantitative estimate of drug-likeness (QED) is 0.891. The van der Waals surface area contributed by atoms with E-state index >= 15 is 0 Å². The van der Waals surface area contributed by atoms with Gasteiger partial charge in [-0.25, -0.2) is 0 Å². The van der Waals surface area contributed by atoms with Gasteiger partial charge in [0.15, 0.2) is 0 Å². The number of aliphatic hydroxyl groups is 1. The zero-order valence-electron chi connectivity index (χ0n) is 12.4. The van der Waals surface area contributed by atoms with E-state index in [1.54, 1.807) is 7.11 Å². The van der Waals surface area contributed by atoms with Crippen LogP contribution in [0.4, 0.5) is 0 Å². The maximum atomic E-state index is 10.5. The molecule has 2 aliphatic rings. The van der Waals surface area contributed by atoms with Gasteiger partial charge in [-0.05, 0) is 43.7 Å². The average Bonchev–Trinajstić information content (AvgIpc) is 2.47. The Morgan fingerprint density at radius 3 is 3.00 bits per heavy atom. The van der Waals surface area contributed by atoms with Crippen LogP contribution in [0.15, 0.2) is 18.2 Å². The Hall–Kier alpha value is -1.22. The Kier molecular flexibility index (Phi) is 3.63. The molecule has 20 heavy (non-hydrogen) atoms. The van der Waals surface area contributed by atoms with Gasteiger partial charge in [0.1, 0.15) is 17.1 Å².